The summed E-state index contributed by atoms with van der Waals surface area (Å²) in [5, 5.41) is -0.841. The molecular weight excluding hydrogens is 303 g/mol. The number of carbonyl (C=O) groups is 1. The lowest BCUT2D eigenvalue weighted by Gasteiger charge is -2.07. The number of hydrogen-bond donors (Lipinski definition) is 0. The van der Waals surface area contributed by atoms with Gasteiger partial charge in [-0.25, -0.2) is 4.39 Å². The van der Waals surface area contributed by atoms with Crippen LogP contribution in [0.3, 0.4) is 0 Å². The molecule has 0 aliphatic heterocycles. The fraction of sp³-hybridized carbons (Fsp3) is 0.125. The molecule has 0 saturated heterocycles. The van der Waals surface area contributed by atoms with E-state index in [-0.39, 0.29) is 4.47 Å². The molecule has 15 heavy (non-hydrogen) atoms. The van der Waals surface area contributed by atoms with Crippen molar-refractivity contribution >= 4 is 33.3 Å². The highest BCUT2D eigenvalue weighted by Crippen LogP contribution is 2.31. The van der Waals surface area contributed by atoms with Gasteiger partial charge in [-0.2, -0.15) is 13.2 Å². The topological polar surface area (TPSA) is 17.1 Å². The molecular formula is C8H2BrClF4O. The van der Waals surface area contributed by atoms with Crippen LogP contribution in [0.5, 0.6) is 0 Å². The van der Waals surface area contributed by atoms with E-state index in [1.807, 2.05) is 0 Å². The van der Waals surface area contributed by atoms with Gasteiger partial charge in [0, 0.05) is 5.56 Å². The summed E-state index contributed by atoms with van der Waals surface area (Å²) in [6.45, 7) is 0. The molecule has 0 N–H and O–H groups in total. The van der Waals surface area contributed by atoms with Gasteiger partial charge in [0.15, 0.2) is 5.82 Å². The van der Waals surface area contributed by atoms with Crippen molar-refractivity contribution in [3.63, 3.8) is 0 Å². The summed E-state index contributed by atoms with van der Waals surface area (Å²) in [6, 6.07) is 1.80. The molecule has 0 fully saturated rings. The van der Waals surface area contributed by atoms with Gasteiger partial charge in [-0.15, -0.1) is 0 Å². The molecule has 0 spiro atoms. The number of ketones is 1. The Bertz CT molecular complexity index is 416. The van der Waals surface area contributed by atoms with Gasteiger partial charge in [0.2, 0.25) is 0 Å². The Kier molecular flexibility index (Phi) is 3.40. The number of alkyl halides is 3. The molecule has 0 aliphatic rings. The zero-order valence-corrected chi connectivity index (χ0v) is 9.17. The van der Waals surface area contributed by atoms with Crippen molar-refractivity contribution in [3.8, 4) is 0 Å². The second-order valence-corrected chi connectivity index (χ2v) is 3.78. The number of benzene rings is 1. The molecule has 0 saturated carbocycles. The Hall–Kier alpha value is -0.620. The van der Waals surface area contributed by atoms with Crippen LogP contribution in [0.4, 0.5) is 17.6 Å². The smallest absolute Gasteiger partial charge is 0.284 e. The number of Topliss-reactive ketones (excluding diaryl/α,β-unsaturated/α-hetero) is 1. The third kappa shape index (κ3) is 2.49. The standard InChI is InChI=1S/C8H2BrClF4O/c9-4-2-1-3(5(10)6(4)11)7(15)8(12,13)14/h1-2H. The molecule has 1 aromatic carbocycles. The summed E-state index contributed by atoms with van der Waals surface area (Å²) in [5.41, 5.74) is -0.898. The lowest BCUT2D eigenvalue weighted by atomic mass is 10.1. The number of rotatable bonds is 1. The molecule has 0 unspecified atom stereocenters. The average Bonchev–Trinajstić information content (AvgIpc) is 2.12. The molecule has 7 heteroatoms. The predicted octanol–water partition coefficient (Wildman–Crippen LogP) is 3.99. The Labute approximate surface area is 95.2 Å². The van der Waals surface area contributed by atoms with Gasteiger partial charge in [-0.1, -0.05) is 11.6 Å². The zero-order chi connectivity index (χ0) is 11.8. The summed E-state index contributed by atoms with van der Waals surface area (Å²) in [4.78, 5) is 10.8. The van der Waals surface area contributed by atoms with E-state index in [0.29, 0.717) is 0 Å². The monoisotopic (exact) mass is 304 g/mol. The molecule has 0 amide bonds. The van der Waals surface area contributed by atoms with E-state index in [2.05, 4.69) is 15.9 Å². The van der Waals surface area contributed by atoms with Crippen molar-refractivity contribution in [1.82, 2.24) is 0 Å². The van der Waals surface area contributed by atoms with Gasteiger partial charge in [0.25, 0.3) is 5.78 Å². The van der Waals surface area contributed by atoms with Crippen molar-refractivity contribution in [2.75, 3.05) is 0 Å². The van der Waals surface area contributed by atoms with Crippen LogP contribution in [0.2, 0.25) is 5.02 Å². The van der Waals surface area contributed by atoms with E-state index in [9.17, 15) is 22.4 Å². The Morgan fingerprint density at radius 1 is 1.33 bits per heavy atom. The minimum atomic E-state index is -5.07. The number of carbonyl (C=O) groups excluding carboxylic acids is 1. The fourth-order valence-corrected chi connectivity index (χ4v) is 1.55. The molecule has 0 heterocycles. The van der Waals surface area contributed by atoms with Gasteiger partial charge in [-0.3, -0.25) is 4.79 Å². The van der Waals surface area contributed by atoms with Crippen LogP contribution in [0.1, 0.15) is 10.4 Å². The largest absolute Gasteiger partial charge is 0.454 e. The first-order valence-electron chi connectivity index (χ1n) is 3.50. The summed E-state index contributed by atoms with van der Waals surface area (Å²) in [6.07, 6.45) is -5.07. The second-order valence-electron chi connectivity index (χ2n) is 2.55. The highest BCUT2D eigenvalue weighted by Gasteiger charge is 2.40. The van der Waals surface area contributed by atoms with Gasteiger partial charge in [-0.05, 0) is 28.1 Å². The van der Waals surface area contributed by atoms with Crippen molar-refractivity contribution in [2.24, 2.45) is 0 Å². The molecule has 0 aromatic heterocycles. The zero-order valence-electron chi connectivity index (χ0n) is 6.83. The van der Waals surface area contributed by atoms with E-state index in [1.165, 1.54) is 0 Å². The highest BCUT2D eigenvalue weighted by molar-refractivity contribution is 9.10. The lowest BCUT2D eigenvalue weighted by Crippen LogP contribution is -2.23. The molecule has 0 aliphatic carbocycles. The highest BCUT2D eigenvalue weighted by atomic mass is 79.9. The van der Waals surface area contributed by atoms with E-state index >= 15 is 0 Å². The Balaban J connectivity index is 3.29. The molecule has 0 atom stereocenters. The summed E-state index contributed by atoms with van der Waals surface area (Å²) in [5.74, 6) is -3.26. The van der Waals surface area contributed by atoms with Crippen LogP contribution >= 0.6 is 27.5 Å². The molecule has 82 valence electrons. The maximum absolute atomic E-state index is 13.0. The second kappa shape index (κ2) is 4.09. The van der Waals surface area contributed by atoms with E-state index < -0.39 is 28.4 Å². The first-order valence-corrected chi connectivity index (χ1v) is 4.67. The van der Waals surface area contributed by atoms with Crippen LogP contribution in [-0.2, 0) is 0 Å². The van der Waals surface area contributed by atoms with Crippen LogP contribution in [-0.4, -0.2) is 12.0 Å². The summed E-state index contributed by atoms with van der Waals surface area (Å²) < 4.78 is 49.0. The van der Waals surface area contributed by atoms with E-state index in [1.54, 1.807) is 0 Å². The lowest BCUT2D eigenvalue weighted by molar-refractivity contribution is -0.0885. The maximum Gasteiger partial charge on any atom is 0.454 e. The normalized spacial score (nSPS) is 11.6. The van der Waals surface area contributed by atoms with Gasteiger partial charge in [0.05, 0.1) is 9.50 Å². The van der Waals surface area contributed by atoms with Gasteiger partial charge >= 0.3 is 6.18 Å². The number of hydrogen-bond acceptors (Lipinski definition) is 1. The molecule has 0 radical (unpaired) electrons. The summed E-state index contributed by atoms with van der Waals surface area (Å²) >= 11 is 8.00. The van der Waals surface area contributed by atoms with Crippen LogP contribution in [0.25, 0.3) is 0 Å². The molecule has 1 nitrogen and oxygen atoms in total. The van der Waals surface area contributed by atoms with E-state index in [4.69, 9.17) is 11.6 Å². The van der Waals surface area contributed by atoms with Gasteiger partial charge in [0.1, 0.15) is 0 Å². The minimum absolute atomic E-state index is 0.105. The molecule has 0 bridgehead atoms. The van der Waals surface area contributed by atoms with Crippen molar-refractivity contribution in [3.05, 3.63) is 33.0 Å². The van der Waals surface area contributed by atoms with Crippen LogP contribution in [0, 0.1) is 5.82 Å². The Morgan fingerprint density at radius 3 is 2.33 bits per heavy atom. The third-order valence-electron chi connectivity index (χ3n) is 1.54. The SMILES string of the molecule is O=C(c1ccc(Br)c(F)c1Cl)C(F)(F)F. The van der Waals surface area contributed by atoms with Crippen molar-refractivity contribution < 1.29 is 22.4 Å². The maximum atomic E-state index is 13.0. The Morgan fingerprint density at radius 2 is 1.87 bits per heavy atom. The van der Waals surface area contributed by atoms with Crippen molar-refractivity contribution in [1.29, 1.82) is 0 Å². The number of halogens is 6. The first-order chi connectivity index (χ1) is 6.75. The third-order valence-corrected chi connectivity index (χ3v) is 2.52. The fourth-order valence-electron chi connectivity index (χ4n) is 0.854. The summed E-state index contributed by atoms with van der Waals surface area (Å²) in [7, 11) is 0. The average molecular weight is 305 g/mol. The first kappa shape index (κ1) is 12.4. The quantitative estimate of drug-likeness (QED) is 0.436. The van der Waals surface area contributed by atoms with Crippen molar-refractivity contribution in [2.45, 2.75) is 6.18 Å². The van der Waals surface area contributed by atoms with Crippen LogP contribution in [0.15, 0.2) is 16.6 Å². The molecule has 1 aromatic rings. The van der Waals surface area contributed by atoms with Crippen LogP contribution < -0.4 is 0 Å². The van der Waals surface area contributed by atoms with E-state index in [0.717, 1.165) is 12.1 Å². The minimum Gasteiger partial charge on any atom is -0.284 e. The van der Waals surface area contributed by atoms with Gasteiger partial charge < -0.3 is 0 Å². The molecule has 1 rings (SSSR count). The predicted molar refractivity (Wildman–Crippen MR) is 49.5 cm³/mol.